The molecule has 14 aromatic rings. The van der Waals surface area contributed by atoms with E-state index in [0.717, 1.165) is 152 Å². The number of ketones is 3. The van der Waals surface area contributed by atoms with E-state index in [-0.39, 0.29) is 119 Å². The monoisotopic (exact) mass is 1960 g/mol. The zero-order valence-corrected chi connectivity index (χ0v) is 80.6. The number of carboxylic acids is 3. The van der Waals surface area contributed by atoms with Crippen LogP contribution in [0.15, 0.2) is 303 Å². The Morgan fingerprint density at radius 3 is 1.08 bits per heavy atom. The molecule has 0 amide bonds. The number of rotatable bonds is 30. The lowest BCUT2D eigenvalue weighted by atomic mass is 9.84. The van der Waals surface area contributed by atoms with E-state index >= 15 is 0 Å². The largest absolute Gasteiger partial charge is 0.489 e. The number of carbonyl (C=O) groups is 6. The number of aryl methyl sites for hydroxylation is 1. The SMILES string of the molecule is CC(C)c1cc(CC(=O)c2ccc(-c3ccc(F)cc3)cc2)c(C(=O)O)cc1-c1ccc(COc2cccc(C(F)(F)F)c2)cc1.CC(C)c1cc(CC(=O)c2ccc(N3CCOCC3)cc2)c(C(=O)O)cc1-c1ccc(COc2cccc(C(F)(F)F)c2)cc1.Cc1cccc(-c2cc(CC(=O)C3CCN(c4ccc(C(C)(C)C)cc4)CC3)c(C(=O)O)cc2-c2ccc(COc3cccc(C(F)(F)F)c3)cc2)c1. The standard InChI is InChI=1S/C45H44F3NO4.C38H30F4O4.C36H34F3NO5/c1-29-7-5-8-33(23-29)39-24-34(25-42(50)32-19-21-49(22-20-32)37-17-15-35(16-18-37)44(2,3)4)41(43(51)52)27-40(39)31-13-11-30(12-14-31)28-53-38-10-6-9-36(26-38)45(46,47)48;1-23(2)33-18-29(19-36(43)28-12-10-25(11-13-28)26-14-16-31(39)17-15-26)35(37(44)45)21-34(33)27-8-6-24(7-9-27)22-46-32-5-3-4-30(20-32)38(40,41)42;1-23(2)31-18-27(19-34(41)26-10-12-29(13-11-26)40-14-16-44-17-15-40)33(35(42)43)21-32(31)25-8-6-24(7-9-25)22-45-30-5-3-4-28(20-30)36(37,38)39/h5-18,23-24,26-27,32H,19-22,25,28H2,1-4H3,(H,51,52);3-18,20-21,23H,19,22H2,1-2H3,(H,44,45);3-13,18,20-21,23H,14-17,19,22H2,1-2H3,(H,42,43). The molecule has 2 fully saturated rings. The molecular weight excluding hydrogens is 1860 g/mol. The summed E-state index contributed by atoms with van der Waals surface area (Å²) in [6.45, 7) is 21.1. The first-order chi connectivity index (χ1) is 68.5. The smallest absolute Gasteiger partial charge is 0.416 e. The predicted octanol–water partition coefficient (Wildman–Crippen LogP) is 29.0. The molecule has 144 heavy (non-hydrogen) atoms. The highest BCUT2D eigenvalue weighted by Crippen LogP contribution is 2.43. The first-order valence-electron chi connectivity index (χ1n) is 47.2. The summed E-state index contributed by atoms with van der Waals surface area (Å²) >= 11 is 0. The molecule has 2 heterocycles. The Bertz CT molecular complexity index is 6920. The summed E-state index contributed by atoms with van der Waals surface area (Å²) in [6.07, 6.45) is -12.1. The number of benzene rings is 14. The van der Waals surface area contributed by atoms with Gasteiger partial charge in [-0.3, -0.25) is 14.4 Å². The van der Waals surface area contributed by atoms with Crippen molar-refractivity contribution in [1.29, 1.82) is 0 Å². The van der Waals surface area contributed by atoms with Crippen LogP contribution < -0.4 is 24.0 Å². The highest BCUT2D eigenvalue weighted by molar-refractivity contribution is 6.03. The summed E-state index contributed by atoms with van der Waals surface area (Å²) in [4.78, 5) is 82.3. The van der Waals surface area contributed by atoms with Gasteiger partial charge in [-0.05, 0) is 270 Å². The molecule has 25 heteroatoms. The second-order valence-electron chi connectivity index (χ2n) is 37.5. The maximum absolute atomic E-state index is 13.8. The lowest BCUT2D eigenvalue weighted by Crippen LogP contribution is -2.37. The van der Waals surface area contributed by atoms with E-state index < -0.39 is 53.1 Å². The minimum Gasteiger partial charge on any atom is -0.489 e. The van der Waals surface area contributed by atoms with Crippen molar-refractivity contribution in [3.63, 3.8) is 0 Å². The number of halogens is 10. The summed E-state index contributed by atoms with van der Waals surface area (Å²) in [5.41, 5.74) is 16.4. The third-order valence-electron chi connectivity index (χ3n) is 25.6. The first-order valence-corrected chi connectivity index (χ1v) is 47.2. The van der Waals surface area contributed by atoms with Crippen LogP contribution in [0.1, 0.15) is 197 Å². The van der Waals surface area contributed by atoms with Crippen molar-refractivity contribution in [3.05, 3.63) is 409 Å². The molecule has 0 bridgehead atoms. The number of ether oxygens (including phenoxy) is 4. The van der Waals surface area contributed by atoms with Crippen molar-refractivity contribution < 1.29 is 107 Å². The first kappa shape index (κ1) is 105. The molecule has 3 N–H and O–H groups in total. The van der Waals surface area contributed by atoms with Gasteiger partial charge in [0.2, 0.25) is 0 Å². The number of carboxylic acid groups (broad SMARTS) is 3. The van der Waals surface area contributed by atoms with E-state index in [1.54, 1.807) is 97.1 Å². The summed E-state index contributed by atoms with van der Waals surface area (Å²) in [7, 11) is 0. The Labute approximate surface area is 829 Å². The average molecular weight is 1960 g/mol. The van der Waals surface area contributed by atoms with Gasteiger partial charge in [-0.25, -0.2) is 18.8 Å². The molecule has 0 saturated carbocycles. The fourth-order valence-electron chi connectivity index (χ4n) is 17.6. The number of piperidine rings is 1. The Morgan fingerprint density at radius 2 is 0.701 bits per heavy atom. The molecule has 0 atom stereocenters. The van der Waals surface area contributed by atoms with E-state index in [4.69, 9.17) is 18.9 Å². The summed E-state index contributed by atoms with van der Waals surface area (Å²) in [6, 6.07) is 83.1. The molecule has 0 aromatic heterocycles. The van der Waals surface area contributed by atoms with Crippen molar-refractivity contribution in [2.45, 2.75) is 143 Å². The van der Waals surface area contributed by atoms with Gasteiger partial charge >= 0.3 is 36.4 Å². The molecule has 2 aliphatic heterocycles. The average Bonchev–Trinajstić information content (AvgIpc) is 0.775. The summed E-state index contributed by atoms with van der Waals surface area (Å²) < 4.78 is 153. The Balaban J connectivity index is 0.000000172. The van der Waals surface area contributed by atoms with Crippen LogP contribution in [0.2, 0.25) is 0 Å². The third-order valence-corrected chi connectivity index (χ3v) is 25.6. The number of Topliss-reactive ketones (excluding diaryl/α,β-unsaturated/α-hetero) is 3. The van der Waals surface area contributed by atoms with Crippen LogP contribution in [0.25, 0.3) is 55.6 Å². The topological polar surface area (TPSA) is 207 Å². The Hall–Kier alpha value is -15.2. The number of hydrogen-bond acceptors (Lipinski definition) is 12. The summed E-state index contributed by atoms with van der Waals surface area (Å²) in [5, 5.41) is 30.6. The molecule has 0 unspecified atom stereocenters. The van der Waals surface area contributed by atoms with Gasteiger partial charge in [-0.1, -0.05) is 230 Å². The van der Waals surface area contributed by atoms with Crippen LogP contribution in [0, 0.1) is 18.7 Å². The summed E-state index contributed by atoms with van der Waals surface area (Å²) in [5.74, 6) is -3.88. The number of alkyl halides is 9. The Kier molecular flexibility index (Phi) is 33.2. The van der Waals surface area contributed by atoms with E-state index in [1.165, 1.54) is 54.1 Å². The quantitative estimate of drug-likeness (QED) is 0.0283. The van der Waals surface area contributed by atoms with Crippen molar-refractivity contribution in [2.75, 3.05) is 49.2 Å². The van der Waals surface area contributed by atoms with Crippen molar-refractivity contribution >= 4 is 46.6 Å². The maximum Gasteiger partial charge on any atom is 0.416 e. The highest BCUT2D eigenvalue weighted by Gasteiger charge is 2.35. The van der Waals surface area contributed by atoms with Crippen molar-refractivity contribution in [3.8, 4) is 72.9 Å². The number of anilines is 2. The van der Waals surface area contributed by atoms with Crippen LogP contribution in [-0.4, -0.2) is 90.0 Å². The number of carbonyl (C=O) groups excluding carboxylic acids is 3. The van der Waals surface area contributed by atoms with Gasteiger partial charge in [0.15, 0.2) is 11.6 Å². The van der Waals surface area contributed by atoms with E-state index in [2.05, 4.69) is 54.8 Å². The fraction of sp³-hybridized carbons (Fsp3) is 0.244. The molecular formula is C119H108F10N2O13. The molecule has 742 valence electrons. The van der Waals surface area contributed by atoms with Crippen LogP contribution >= 0.6 is 0 Å². The lowest BCUT2D eigenvalue weighted by Gasteiger charge is -2.33. The normalized spacial score (nSPS) is 13.0. The Morgan fingerprint density at radius 1 is 0.361 bits per heavy atom. The van der Waals surface area contributed by atoms with E-state index in [1.807, 2.05) is 132 Å². The highest BCUT2D eigenvalue weighted by atomic mass is 19.4. The van der Waals surface area contributed by atoms with Gasteiger partial charge in [0.25, 0.3) is 0 Å². The van der Waals surface area contributed by atoms with Gasteiger partial charge in [-0.15, -0.1) is 0 Å². The van der Waals surface area contributed by atoms with Crippen LogP contribution in [0.3, 0.4) is 0 Å². The zero-order chi connectivity index (χ0) is 103. The van der Waals surface area contributed by atoms with Crippen LogP contribution in [0.4, 0.5) is 55.3 Å². The lowest BCUT2D eigenvalue weighted by molar-refractivity contribution is -0.138. The molecule has 0 radical (unpaired) electrons. The van der Waals surface area contributed by atoms with Gasteiger partial charge in [0.1, 0.15) is 48.7 Å². The van der Waals surface area contributed by atoms with Gasteiger partial charge in [0.05, 0.1) is 46.6 Å². The van der Waals surface area contributed by atoms with Crippen LogP contribution in [-0.2, 0) is 72.6 Å². The van der Waals surface area contributed by atoms with Crippen LogP contribution in [0.5, 0.6) is 17.2 Å². The second kappa shape index (κ2) is 45.8. The molecule has 0 aliphatic carbocycles. The number of aromatic carboxylic acids is 3. The molecule has 0 spiro atoms. The van der Waals surface area contributed by atoms with Gasteiger partial charge < -0.3 is 44.1 Å². The number of nitrogens with zero attached hydrogens (tertiary/aromatic N) is 2. The fourth-order valence-corrected chi connectivity index (χ4v) is 17.6. The minimum atomic E-state index is -4.47. The number of hydrogen-bond donors (Lipinski definition) is 3. The molecule has 14 aromatic carbocycles. The molecule has 2 aliphatic rings. The second-order valence-corrected chi connectivity index (χ2v) is 37.5. The minimum absolute atomic E-state index is 0.00519. The van der Waals surface area contributed by atoms with E-state index in [0.29, 0.717) is 65.0 Å². The molecule has 16 rings (SSSR count). The maximum atomic E-state index is 13.8. The number of morpholine rings is 1. The van der Waals surface area contributed by atoms with E-state index in [9.17, 15) is 88.0 Å². The van der Waals surface area contributed by atoms with Crippen molar-refractivity contribution in [2.24, 2.45) is 5.92 Å². The molecule has 2 saturated heterocycles. The van der Waals surface area contributed by atoms with Gasteiger partial charge in [-0.2, -0.15) is 39.5 Å². The van der Waals surface area contributed by atoms with Crippen molar-refractivity contribution in [1.82, 2.24) is 0 Å². The zero-order valence-electron chi connectivity index (χ0n) is 80.6. The van der Waals surface area contributed by atoms with Gasteiger partial charge in [0, 0.05) is 73.9 Å². The third kappa shape index (κ3) is 27.1. The predicted molar refractivity (Wildman–Crippen MR) is 538 cm³/mol. The molecule has 15 nitrogen and oxygen atoms in total.